The minimum absolute atomic E-state index is 0.0867. The Bertz CT molecular complexity index is 764. The number of aryl methyl sites for hydroxylation is 1. The van der Waals surface area contributed by atoms with Crippen LogP contribution in [0.25, 0.3) is 0 Å². The van der Waals surface area contributed by atoms with Gasteiger partial charge in [0.1, 0.15) is 10.6 Å². The van der Waals surface area contributed by atoms with Crippen molar-refractivity contribution >= 4 is 33.4 Å². The predicted octanol–water partition coefficient (Wildman–Crippen LogP) is 2.25. The van der Waals surface area contributed by atoms with Gasteiger partial charge >= 0.3 is 5.97 Å². The first-order valence-corrected chi connectivity index (χ1v) is 8.61. The molecule has 2 aromatic rings. The lowest BCUT2D eigenvalue weighted by molar-refractivity contribution is 0.0686. The van der Waals surface area contributed by atoms with Gasteiger partial charge in [-0.2, -0.15) is 0 Å². The SMILES string of the molecule is CSc1ccc(NS(=O)(=O)c2cc(C(=O)O)n(C)c2)cc1. The zero-order valence-corrected chi connectivity index (χ0v) is 13.0. The molecule has 0 aliphatic rings. The Balaban J connectivity index is 2.29. The van der Waals surface area contributed by atoms with Crippen LogP contribution in [0.5, 0.6) is 0 Å². The largest absolute Gasteiger partial charge is 0.477 e. The number of carboxylic acids is 1. The van der Waals surface area contributed by atoms with Crippen molar-refractivity contribution in [2.75, 3.05) is 11.0 Å². The minimum atomic E-state index is -3.81. The Morgan fingerprint density at radius 2 is 1.90 bits per heavy atom. The lowest BCUT2D eigenvalue weighted by Crippen LogP contribution is -2.12. The zero-order chi connectivity index (χ0) is 15.6. The van der Waals surface area contributed by atoms with Crippen LogP contribution in [-0.2, 0) is 17.1 Å². The Labute approximate surface area is 126 Å². The molecule has 0 aliphatic heterocycles. The fraction of sp³-hybridized carbons (Fsp3) is 0.154. The third kappa shape index (κ3) is 3.40. The number of thioether (sulfide) groups is 1. The number of anilines is 1. The molecule has 1 aromatic heterocycles. The smallest absolute Gasteiger partial charge is 0.352 e. The molecule has 0 bridgehead atoms. The first-order valence-electron chi connectivity index (χ1n) is 5.90. The highest BCUT2D eigenvalue weighted by molar-refractivity contribution is 7.98. The molecule has 6 nitrogen and oxygen atoms in total. The number of carbonyl (C=O) groups is 1. The van der Waals surface area contributed by atoms with Crippen molar-refractivity contribution in [3.05, 3.63) is 42.2 Å². The highest BCUT2D eigenvalue weighted by atomic mass is 32.2. The number of aromatic carboxylic acids is 1. The van der Waals surface area contributed by atoms with E-state index in [1.54, 1.807) is 36.0 Å². The molecule has 2 rings (SSSR count). The molecular weight excluding hydrogens is 312 g/mol. The maximum atomic E-state index is 12.2. The predicted molar refractivity (Wildman–Crippen MR) is 81.4 cm³/mol. The van der Waals surface area contributed by atoms with E-state index in [0.29, 0.717) is 5.69 Å². The molecule has 0 aliphatic carbocycles. The van der Waals surface area contributed by atoms with E-state index < -0.39 is 16.0 Å². The molecule has 0 spiro atoms. The Kier molecular flexibility index (Phi) is 4.29. The fourth-order valence-electron chi connectivity index (χ4n) is 1.77. The van der Waals surface area contributed by atoms with Gasteiger partial charge in [0.05, 0.1) is 0 Å². The normalized spacial score (nSPS) is 11.3. The van der Waals surface area contributed by atoms with Gasteiger partial charge in [0.25, 0.3) is 10.0 Å². The van der Waals surface area contributed by atoms with Gasteiger partial charge in [0.15, 0.2) is 0 Å². The highest BCUT2D eigenvalue weighted by Crippen LogP contribution is 2.21. The van der Waals surface area contributed by atoms with Gasteiger partial charge in [-0.05, 0) is 36.6 Å². The van der Waals surface area contributed by atoms with Crippen LogP contribution in [0.2, 0.25) is 0 Å². The number of benzene rings is 1. The monoisotopic (exact) mass is 326 g/mol. The molecule has 2 N–H and O–H groups in total. The molecule has 0 saturated carbocycles. The van der Waals surface area contributed by atoms with E-state index in [4.69, 9.17) is 5.11 Å². The van der Waals surface area contributed by atoms with Gasteiger partial charge in [-0.3, -0.25) is 4.72 Å². The second-order valence-corrected chi connectivity index (χ2v) is 6.87. The lowest BCUT2D eigenvalue weighted by Gasteiger charge is -2.06. The van der Waals surface area contributed by atoms with Crippen molar-refractivity contribution in [2.24, 2.45) is 7.05 Å². The van der Waals surface area contributed by atoms with Crippen molar-refractivity contribution in [3.8, 4) is 0 Å². The van der Waals surface area contributed by atoms with Crippen LogP contribution in [0.1, 0.15) is 10.5 Å². The van der Waals surface area contributed by atoms with E-state index in [-0.39, 0.29) is 10.6 Å². The van der Waals surface area contributed by atoms with Crippen LogP contribution in [0.3, 0.4) is 0 Å². The number of hydrogen-bond acceptors (Lipinski definition) is 4. The quantitative estimate of drug-likeness (QED) is 0.823. The first kappa shape index (κ1) is 15.5. The van der Waals surface area contributed by atoms with Crippen molar-refractivity contribution in [1.29, 1.82) is 0 Å². The average Bonchev–Trinajstić information content (AvgIpc) is 2.82. The molecule has 1 aromatic carbocycles. The number of sulfonamides is 1. The second kappa shape index (κ2) is 5.82. The second-order valence-electron chi connectivity index (χ2n) is 4.31. The molecule has 1 heterocycles. The summed E-state index contributed by atoms with van der Waals surface area (Å²) in [4.78, 5) is 11.9. The molecule has 8 heteroatoms. The number of aromatic nitrogens is 1. The molecule has 0 saturated heterocycles. The van der Waals surface area contributed by atoms with E-state index in [1.807, 2.05) is 6.26 Å². The summed E-state index contributed by atoms with van der Waals surface area (Å²) < 4.78 is 28.1. The van der Waals surface area contributed by atoms with Crippen molar-refractivity contribution in [1.82, 2.24) is 4.57 Å². The van der Waals surface area contributed by atoms with Gasteiger partial charge in [0.2, 0.25) is 0 Å². The van der Waals surface area contributed by atoms with Crippen LogP contribution in [-0.4, -0.2) is 30.3 Å². The van der Waals surface area contributed by atoms with Gasteiger partial charge in [0, 0.05) is 23.8 Å². The van der Waals surface area contributed by atoms with Gasteiger partial charge in [-0.15, -0.1) is 11.8 Å². The minimum Gasteiger partial charge on any atom is -0.477 e. The van der Waals surface area contributed by atoms with Crippen LogP contribution in [0.15, 0.2) is 46.3 Å². The molecule has 0 atom stereocenters. The van der Waals surface area contributed by atoms with Crippen LogP contribution < -0.4 is 4.72 Å². The Morgan fingerprint density at radius 3 is 2.38 bits per heavy atom. The van der Waals surface area contributed by atoms with E-state index in [0.717, 1.165) is 11.0 Å². The third-order valence-electron chi connectivity index (χ3n) is 2.85. The topological polar surface area (TPSA) is 88.4 Å². The summed E-state index contributed by atoms with van der Waals surface area (Å²) in [7, 11) is -2.33. The molecule has 21 heavy (non-hydrogen) atoms. The summed E-state index contributed by atoms with van der Waals surface area (Å²) in [6.07, 6.45) is 3.19. The molecule has 0 fully saturated rings. The fourth-order valence-corrected chi connectivity index (χ4v) is 3.30. The summed E-state index contributed by atoms with van der Waals surface area (Å²) in [5, 5.41) is 8.95. The van der Waals surface area contributed by atoms with E-state index in [1.165, 1.54) is 17.8 Å². The molecule has 0 amide bonds. The van der Waals surface area contributed by atoms with E-state index in [9.17, 15) is 13.2 Å². The number of nitrogens with one attached hydrogen (secondary N) is 1. The van der Waals surface area contributed by atoms with Crippen molar-refractivity contribution in [3.63, 3.8) is 0 Å². The van der Waals surface area contributed by atoms with Crippen LogP contribution >= 0.6 is 11.8 Å². The molecule has 0 radical (unpaired) electrons. The van der Waals surface area contributed by atoms with E-state index >= 15 is 0 Å². The zero-order valence-electron chi connectivity index (χ0n) is 11.4. The van der Waals surface area contributed by atoms with Gasteiger partial charge in [-0.1, -0.05) is 0 Å². The average molecular weight is 326 g/mol. The first-order chi connectivity index (χ1) is 9.83. The number of hydrogen-bond donors (Lipinski definition) is 2. The number of nitrogens with zero attached hydrogens (tertiary/aromatic N) is 1. The number of carboxylic acid groups (broad SMARTS) is 1. The van der Waals surface area contributed by atoms with Crippen LogP contribution in [0.4, 0.5) is 5.69 Å². The van der Waals surface area contributed by atoms with E-state index in [2.05, 4.69) is 4.72 Å². The Hall–Kier alpha value is -1.93. The van der Waals surface area contributed by atoms with Gasteiger partial charge in [-0.25, -0.2) is 13.2 Å². The maximum Gasteiger partial charge on any atom is 0.352 e. The van der Waals surface area contributed by atoms with Gasteiger partial charge < -0.3 is 9.67 Å². The summed E-state index contributed by atoms with van der Waals surface area (Å²) in [5.74, 6) is -1.18. The van der Waals surface area contributed by atoms with Crippen LogP contribution in [0, 0.1) is 0 Å². The molecule has 112 valence electrons. The summed E-state index contributed by atoms with van der Waals surface area (Å²) in [6.45, 7) is 0. The maximum absolute atomic E-state index is 12.2. The van der Waals surface area contributed by atoms with Crippen molar-refractivity contribution in [2.45, 2.75) is 9.79 Å². The molecular formula is C13H14N2O4S2. The van der Waals surface area contributed by atoms with Crippen molar-refractivity contribution < 1.29 is 18.3 Å². The summed E-state index contributed by atoms with van der Waals surface area (Å²) in [6, 6.07) is 8.04. The number of rotatable bonds is 5. The third-order valence-corrected chi connectivity index (χ3v) is 4.94. The summed E-state index contributed by atoms with van der Waals surface area (Å²) in [5.41, 5.74) is 0.335. The molecule has 0 unspecified atom stereocenters. The highest BCUT2D eigenvalue weighted by Gasteiger charge is 2.20. The standard InChI is InChI=1S/C13H14N2O4S2/c1-15-8-11(7-12(15)13(16)17)21(18,19)14-9-3-5-10(20-2)6-4-9/h3-8,14H,1-2H3,(H,16,17). The summed E-state index contributed by atoms with van der Waals surface area (Å²) >= 11 is 1.55. The Morgan fingerprint density at radius 1 is 1.29 bits per heavy atom. The lowest BCUT2D eigenvalue weighted by atomic mass is 10.3.